The van der Waals surface area contributed by atoms with Crippen LogP contribution in [0.4, 0.5) is 0 Å². The zero-order valence-corrected chi connectivity index (χ0v) is 15.5. The first kappa shape index (κ1) is 18.1. The summed E-state index contributed by atoms with van der Waals surface area (Å²) >= 11 is 6.05. The summed E-state index contributed by atoms with van der Waals surface area (Å²) in [4.78, 5) is 7.82. The molecule has 0 radical (unpaired) electrons. The Morgan fingerprint density at radius 1 is 1.24 bits per heavy atom. The number of nitrogens with one attached hydrogen (secondary N) is 3. The lowest BCUT2D eigenvalue weighted by molar-refractivity contribution is 0.834. The highest BCUT2D eigenvalue weighted by Gasteiger charge is 2.04. The molecule has 6 heteroatoms. The van der Waals surface area contributed by atoms with Gasteiger partial charge in [-0.2, -0.15) is 0 Å². The Morgan fingerprint density at radius 2 is 1.95 bits per heavy atom. The molecule has 0 spiro atoms. The van der Waals surface area contributed by atoms with Gasteiger partial charge in [0.25, 0.3) is 0 Å². The van der Waals surface area contributed by atoms with Crippen LogP contribution in [0.2, 0.25) is 5.02 Å². The minimum Gasteiger partial charge on any atom is -0.361 e. The number of aromatic nitrogens is 1. The summed E-state index contributed by atoms with van der Waals surface area (Å²) in [5.41, 5.74) is 2.37. The highest BCUT2D eigenvalue weighted by Crippen LogP contribution is 2.22. The van der Waals surface area contributed by atoms with Gasteiger partial charge in [0.15, 0.2) is 5.96 Å². The highest BCUT2D eigenvalue weighted by atomic mass is 127. The number of H-pyrrole nitrogens is 1. The van der Waals surface area contributed by atoms with Crippen LogP contribution in [0, 0.1) is 0 Å². The number of hydrogen-bond acceptors (Lipinski definition) is 1. The van der Waals surface area contributed by atoms with Crippen molar-refractivity contribution in [1.82, 2.24) is 15.6 Å². The van der Waals surface area contributed by atoms with E-state index in [0.717, 1.165) is 42.6 Å². The smallest absolute Gasteiger partial charge is 0.191 e. The number of halogens is 2. The highest BCUT2D eigenvalue weighted by molar-refractivity contribution is 14.0. The number of benzene rings is 1. The molecule has 0 unspecified atom stereocenters. The lowest BCUT2D eigenvalue weighted by Gasteiger charge is -2.08. The molecule has 0 atom stereocenters. The first-order chi connectivity index (χ1) is 9.74. The van der Waals surface area contributed by atoms with Crippen LogP contribution in [0.3, 0.4) is 0 Å². The van der Waals surface area contributed by atoms with Gasteiger partial charge in [-0.25, -0.2) is 0 Å². The van der Waals surface area contributed by atoms with Crippen molar-refractivity contribution < 1.29 is 0 Å². The van der Waals surface area contributed by atoms with E-state index >= 15 is 0 Å². The second-order valence-electron chi connectivity index (χ2n) is 4.54. The molecule has 116 valence electrons. The van der Waals surface area contributed by atoms with Gasteiger partial charge in [0.1, 0.15) is 0 Å². The van der Waals surface area contributed by atoms with Gasteiger partial charge in [-0.15, -0.1) is 24.0 Å². The number of rotatable bonds is 5. The Morgan fingerprint density at radius 3 is 2.62 bits per heavy atom. The summed E-state index contributed by atoms with van der Waals surface area (Å²) in [5.74, 6) is 0.868. The van der Waals surface area contributed by atoms with E-state index in [1.807, 2.05) is 24.4 Å². The average molecular weight is 421 g/mol. The fourth-order valence-electron chi connectivity index (χ4n) is 2.15. The molecule has 0 aliphatic rings. The normalized spacial score (nSPS) is 10.0. The van der Waals surface area contributed by atoms with Crippen molar-refractivity contribution in [2.45, 2.75) is 20.3 Å². The maximum Gasteiger partial charge on any atom is 0.191 e. The molecule has 1 heterocycles. The van der Waals surface area contributed by atoms with Crippen LogP contribution in [0.1, 0.15) is 19.4 Å². The van der Waals surface area contributed by atoms with Crippen LogP contribution in [0.15, 0.2) is 29.4 Å². The third kappa shape index (κ3) is 5.07. The zero-order valence-electron chi connectivity index (χ0n) is 12.4. The van der Waals surface area contributed by atoms with Crippen LogP contribution >= 0.6 is 35.6 Å². The molecule has 2 aromatic rings. The fraction of sp³-hybridized carbons (Fsp3) is 0.400. The van der Waals surface area contributed by atoms with E-state index in [-0.39, 0.29) is 24.0 Å². The van der Waals surface area contributed by atoms with Crippen molar-refractivity contribution in [3.8, 4) is 0 Å². The van der Waals surface area contributed by atoms with Crippen molar-refractivity contribution in [3.05, 3.63) is 35.0 Å². The second kappa shape index (κ2) is 9.15. The van der Waals surface area contributed by atoms with Gasteiger partial charge in [-0.3, -0.25) is 4.99 Å². The Balaban J connectivity index is 0.00000220. The quantitative estimate of drug-likeness (QED) is 0.394. The van der Waals surface area contributed by atoms with E-state index < -0.39 is 0 Å². The Bertz CT molecular complexity index is 586. The van der Waals surface area contributed by atoms with E-state index in [0.29, 0.717) is 0 Å². The first-order valence-electron chi connectivity index (χ1n) is 7.02. The van der Waals surface area contributed by atoms with Gasteiger partial charge in [0, 0.05) is 41.8 Å². The standard InChI is InChI=1S/C15H21ClN4.HI/c1-3-17-15(18-4-2)19-8-7-11-10-20-14-6-5-12(16)9-13(11)14;/h5-6,9-10,20H,3-4,7-8H2,1-2H3,(H2,17,18,19);1H. The average Bonchev–Trinajstić information content (AvgIpc) is 2.82. The van der Waals surface area contributed by atoms with E-state index in [1.165, 1.54) is 10.9 Å². The molecule has 4 nitrogen and oxygen atoms in total. The number of aromatic amines is 1. The monoisotopic (exact) mass is 420 g/mol. The Kier molecular flexibility index (Phi) is 7.88. The summed E-state index contributed by atoms with van der Waals surface area (Å²) in [7, 11) is 0. The lowest BCUT2D eigenvalue weighted by atomic mass is 10.1. The predicted molar refractivity (Wildman–Crippen MR) is 102 cm³/mol. The summed E-state index contributed by atoms with van der Waals surface area (Å²) in [5, 5.41) is 8.39. The number of nitrogens with zero attached hydrogens (tertiary/aromatic N) is 1. The summed E-state index contributed by atoms with van der Waals surface area (Å²) in [6.45, 7) is 6.61. The molecule has 21 heavy (non-hydrogen) atoms. The maximum atomic E-state index is 6.05. The second-order valence-corrected chi connectivity index (χ2v) is 4.98. The minimum atomic E-state index is 0. The lowest BCUT2D eigenvalue weighted by Crippen LogP contribution is -2.37. The molecule has 0 amide bonds. The van der Waals surface area contributed by atoms with E-state index in [4.69, 9.17) is 11.6 Å². The van der Waals surface area contributed by atoms with Crippen LogP contribution in [-0.4, -0.2) is 30.6 Å². The van der Waals surface area contributed by atoms with E-state index in [9.17, 15) is 0 Å². The zero-order chi connectivity index (χ0) is 14.4. The van der Waals surface area contributed by atoms with Crippen molar-refractivity contribution >= 4 is 52.4 Å². The molecule has 1 aromatic carbocycles. The third-order valence-electron chi connectivity index (χ3n) is 3.07. The van der Waals surface area contributed by atoms with Crippen molar-refractivity contribution in [3.63, 3.8) is 0 Å². The molecule has 1 aromatic heterocycles. The SMILES string of the molecule is CCNC(=NCCc1c[nH]c2ccc(Cl)cc12)NCC.I. The molecule has 2 rings (SSSR count). The molecule has 0 fully saturated rings. The summed E-state index contributed by atoms with van der Waals surface area (Å²) in [6.07, 6.45) is 2.93. The van der Waals surface area contributed by atoms with Gasteiger partial charge >= 0.3 is 0 Å². The van der Waals surface area contributed by atoms with Crippen molar-refractivity contribution in [2.75, 3.05) is 19.6 Å². The molecule has 0 saturated heterocycles. The molecular formula is C15H22ClIN4. The van der Waals surface area contributed by atoms with Crippen LogP contribution in [0.25, 0.3) is 10.9 Å². The van der Waals surface area contributed by atoms with Crippen LogP contribution in [0.5, 0.6) is 0 Å². The van der Waals surface area contributed by atoms with E-state index in [1.54, 1.807) is 0 Å². The molecule has 0 bridgehead atoms. The van der Waals surface area contributed by atoms with Gasteiger partial charge < -0.3 is 15.6 Å². The predicted octanol–water partition coefficient (Wildman–Crippen LogP) is 3.56. The number of hydrogen-bond donors (Lipinski definition) is 3. The maximum absolute atomic E-state index is 6.05. The minimum absolute atomic E-state index is 0. The van der Waals surface area contributed by atoms with Gasteiger partial charge in [-0.05, 0) is 44.0 Å². The number of aliphatic imine (C=N–C) groups is 1. The molecule has 0 aliphatic carbocycles. The fourth-order valence-corrected chi connectivity index (χ4v) is 2.33. The first-order valence-corrected chi connectivity index (χ1v) is 7.40. The largest absolute Gasteiger partial charge is 0.361 e. The van der Waals surface area contributed by atoms with Gasteiger partial charge in [-0.1, -0.05) is 11.6 Å². The topological polar surface area (TPSA) is 52.2 Å². The Labute approximate surface area is 147 Å². The number of fused-ring (bicyclic) bond motifs is 1. The third-order valence-corrected chi connectivity index (χ3v) is 3.30. The van der Waals surface area contributed by atoms with Gasteiger partial charge in [0.05, 0.1) is 0 Å². The van der Waals surface area contributed by atoms with Crippen LogP contribution in [-0.2, 0) is 6.42 Å². The molecule has 0 saturated carbocycles. The summed E-state index contributed by atoms with van der Waals surface area (Å²) < 4.78 is 0. The molecule has 3 N–H and O–H groups in total. The molecular weight excluding hydrogens is 399 g/mol. The number of guanidine groups is 1. The van der Waals surface area contributed by atoms with Crippen molar-refractivity contribution in [1.29, 1.82) is 0 Å². The van der Waals surface area contributed by atoms with Gasteiger partial charge in [0.2, 0.25) is 0 Å². The molecule has 0 aliphatic heterocycles. The van der Waals surface area contributed by atoms with E-state index in [2.05, 4.69) is 34.5 Å². The van der Waals surface area contributed by atoms with Crippen molar-refractivity contribution in [2.24, 2.45) is 4.99 Å². The summed E-state index contributed by atoms with van der Waals surface area (Å²) in [6, 6.07) is 5.91. The Hall–Kier alpha value is -0.950. The van der Waals surface area contributed by atoms with Crippen LogP contribution < -0.4 is 10.6 Å².